The average molecular weight is 364 g/mol. The summed E-state index contributed by atoms with van der Waals surface area (Å²) in [5.41, 5.74) is -0.0444. The number of nitrogens with zero attached hydrogens (tertiary/aromatic N) is 1. The Bertz CT molecular complexity index is 604. The van der Waals surface area contributed by atoms with Gasteiger partial charge in [-0.2, -0.15) is 13.2 Å². The van der Waals surface area contributed by atoms with Crippen LogP contribution in [-0.2, 0) is 11.3 Å². The van der Waals surface area contributed by atoms with Crippen molar-refractivity contribution in [2.24, 2.45) is 0 Å². The van der Waals surface area contributed by atoms with Gasteiger partial charge in [0.05, 0.1) is 24.2 Å². The standard InChI is InChI=1S/C15H19F3N2O5/c1-23-13-5-10(7-19-8-11-3-2-4-24-11)12(20(21)22)6-14(13)25-9-15(16,17)18/h5-6,11,19H,2-4,7-9H2,1H3. The molecule has 140 valence electrons. The first-order chi connectivity index (χ1) is 11.8. The van der Waals surface area contributed by atoms with Crippen molar-refractivity contribution < 1.29 is 32.3 Å². The van der Waals surface area contributed by atoms with E-state index in [-0.39, 0.29) is 29.8 Å². The van der Waals surface area contributed by atoms with Crippen LogP contribution in [0.5, 0.6) is 11.5 Å². The highest BCUT2D eigenvalue weighted by molar-refractivity contribution is 5.54. The van der Waals surface area contributed by atoms with Crippen molar-refractivity contribution in [2.75, 3.05) is 26.9 Å². The van der Waals surface area contributed by atoms with E-state index in [1.54, 1.807) is 0 Å². The Morgan fingerprint density at radius 1 is 1.40 bits per heavy atom. The van der Waals surface area contributed by atoms with Gasteiger partial charge in [0.15, 0.2) is 18.1 Å². The van der Waals surface area contributed by atoms with Crippen molar-refractivity contribution in [1.29, 1.82) is 0 Å². The molecule has 1 aromatic rings. The zero-order chi connectivity index (χ0) is 18.4. The number of alkyl halides is 3. The molecule has 0 aromatic heterocycles. The molecule has 0 saturated carbocycles. The van der Waals surface area contributed by atoms with E-state index in [2.05, 4.69) is 10.1 Å². The van der Waals surface area contributed by atoms with Crippen LogP contribution in [0.25, 0.3) is 0 Å². The Hall–Kier alpha value is -2.07. The van der Waals surface area contributed by atoms with Gasteiger partial charge in [-0.15, -0.1) is 0 Å². The first-order valence-corrected chi connectivity index (χ1v) is 7.67. The molecule has 0 amide bonds. The second-order valence-corrected chi connectivity index (χ2v) is 5.56. The molecule has 1 aromatic carbocycles. The lowest BCUT2D eigenvalue weighted by atomic mass is 10.1. The Morgan fingerprint density at radius 2 is 2.16 bits per heavy atom. The van der Waals surface area contributed by atoms with E-state index in [1.807, 2.05) is 0 Å². The van der Waals surface area contributed by atoms with Crippen LogP contribution in [-0.4, -0.2) is 44.1 Å². The lowest BCUT2D eigenvalue weighted by Crippen LogP contribution is -2.26. The molecule has 2 rings (SSSR count). The van der Waals surface area contributed by atoms with Crippen molar-refractivity contribution in [3.05, 3.63) is 27.8 Å². The third-order valence-corrected chi connectivity index (χ3v) is 3.66. The Labute approximate surface area is 142 Å². The number of nitro benzene ring substituents is 1. The summed E-state index contributed by atoms with van der Waals surface area (Å²) in [6.45, 7) is -0.166. The number of methoxy groups -OCH3 is 1. The van der Waals surface area contributed by atoms with Gasteiger partial charge in [-0.05, 0) is 18.9 Å². The number of rotatable bonds is 8. The van der Waals surface area contributed by atoms with E-state index in [4.69, 9.17) is 9.47 Å². The molecule has 1 saturated heterocycles. The second-order valence-electron chi connectivity index (χ2n) is 5.56. The van der Waals surface area contributed by atoms with Crippen molar-refractivity contribution in [3.63, 3.8) is 0 Å². The zero-order valence-corrected chi connectivity index (χ0v) is 13.6. The zero-order valence-electron chi connectivity index (χ0n) is 13.6. The maximum absolute atomic E-state index is 12.3. The molecule has 10 heteroatoms. The van der Waals surface area contributed by atoms with Crippen molar-refractivity contribution >= 4 is 5.69 Å². The smallest absolute Gasteiger partial charge is 0.422 e. The van der Waals surface area contributed by atoms with E-state index < -0.39 is 17.7 Å². The highest BCUT2D eigenvalue weighted by atomic mass is 19.4. The number of nitrogens with one attached hydrogen (secondary N) is 1. The van der Waals surface area contributed by atoms with Crippen LogP contribution in [0.1, 0.15) is 18.4 Å². The van der Waals surface area contributed by atoms with E-state index in [0.717, 1.165) is 18.9 Å². The number of ether oxygens (including phenoxy) is 3. The maximum Gasteiger partial charge on any atom is 0.422 e. The Kier molecular flexibility index (Phi) is 6.43. The monoisotopic (exact) mass is 364 g/mol. The molecule has 25 heavy (non-hydrogen) atoms. The molecule has 1 aliphatic heterocycles. The minimum atomic E-state index is -4.55. The molecular weight excluding hydrogens is 345 g/mol. The van der Waals surface area contributed by atoms with Crippen LogP contribution >= 0.6 is 0 Å². The van der Waals surface area contributed by atoms with Crippen molar-refractivity contribution in [3.8, 4) is 11.5 Å². The van der Waals surface area contributed by atoms with Crippen molar-refractivity contribution in [1.82, 2.24) is 5.32 Å². The van der Waals surface area contributed by atoms with Gasteiger partial charge in [-0.3, -0.25) is 10.1 Å². The lowest BCUT2D eigenvalue weighted by molar-refractivity contribution is -0.385. The first kappa shape index (κ1) is 19.3. The van der Waals surface area contributed by atoms with Crippen LogP contribution in [0, 0.1) is 10.1 Å². The van der Waals surface area contributed by atoms with E-state index in [9.17, 15) is 23.3 Å². The number of halogens is 3. The van der Waals surface area contributed by atoms with Crippen LogP contribution in [0.15, 0.2) is 12.1 Å². The van der Waals surface area contributed by atoms with Gasteiger partial charge in [0.2, 0.25) is 0 Å². The molecule has 1 unspecified atom stereocenters. The van der Waals surface area contributed by atoms with Gasteiger partial charge in [0.1, 0.15) is 0 Å². The largest absolute Gasteiger partial charge is 0.493 e. The summed E-state index contributed by atoms with van der Waals surface area (Å²) in [6.07, 6.45) is -2.59. The summed E-state index contributed by atoms with van der Waals surface area (Å²) in [5, 5.41) is 14.3. The molecule has 0 aliphatic carbocycles. The van der Waals surface area contributed by atoms with Gasteiger partial charge in [-0.1, -0.05) is 0 Å². The van der Waals surface area contributed by atoms with Crippen LogP contribution in [0.2, 0.25) is 0 Å². The Morgan fingerprint density at radius 3 is 2.72 bits per heavy atom. The molecule has 1 N–H and O–H groups in total. The molecule has 1 atom stereocenters. The lowest BCUT2D eigenvalue weighted by Gasteiger charge is -2.15. The fourth-order valence-corrected chi connectivity index (χ4v) is 2.51. The van der Waals surface area contributed by atoms with Gasteiger partial charge >= 0.3 is 6.18 Å². The molecule has 1 aliphatic rings. The third-order valence-electron chi connectivity index (χ3n) is 3.66. The molecular formula is C15H19F3N2O5. The number of hydrogen-bond acceptors (Lipinski definition) is 6. The van der Waals surface area contributed by atoms with Crippen molar-refractivity contribution in [2.45, 2.75) is 31.7 Å². The summed E-state index contributed by atoms with van der Waals surface area (Å²) in [7, 11) is 1.26. The number of hydrogen-bond donors (Lipinski definition) is 1. The second kappa shape index (κ2) is 8.34. The summed E-state index contributed by atoms with van der Waals surface area (Å²) in [5.74, 6) is -0.321. The van der Waals surface area contributed by atoms with Crippen LogP contribution in [0.3, 0.4) is 0 Å². The first-order valence-electron chi connectivity index (χ1n) is 7.67. The Balaban J connectivity index is 2.12. The van der Waals surface area contributed by atoms with E-state index in [0.29, 0.717) is 18.7 Å². The van der Waals surface area contributed by atoms with Gasteiger partial charge in [0.25, 0.3) is 5.69 Å². The minimum absolute atomic E-state index is 0.00349. The maximum atomic E-state index is 12.3. The highest BCUT2D eigenvalue weighted by Gasteiger charge is 2.30. The predicted molar refractivity (Wildman–Crippen MR) is 81.9 cm³/mol. The average Bonchev–Trinajstić information content (AvgIpc) is 3.05. The summed E-state index contributed by atoms with van der Waals surface area (Å²) < 4.78 is 52.0. The third kappa shape index (κ3) is 5.75. The summed E-state index contributed by atoms with van der Waals surface area (Å²) in [4.78, 5) is 10.6. The quantitative estimate of drug-likeness (QED) is 0.564. The normalized spacial score (nSPS) is 17.5. The molecule has 0 bridgehead atoms. The van der Waals surface area contributed by atoms with Crippen LogP contribution < -0.4 is 14.8 Å². The minimum Gasteiger partial charge on any atom is -0.493 e. The predicted octanol–water partition coefficient (Wildman–Crippen LogP) is 2.81. The fraction of sp³-hybridized carbons (Fsp3) is 0.600. The molecule has 1 heterocycles. The number of benzene rings is 1. The molecule has 1 fully saturated rings. The van der Waals surface area contributed by atoms with E-state index >= 15 is 0 Å². The highest BCUT2D eigenvalue weighted by Crippen LogP contribution is 2.35. The summed E-state index contributed by atoms with van der Waals surface area (Å²) in [6, 6.07) is 2.26. The van der Waals surface area contributed by atoms with E-state index in [1.165, 1.54) is 13.2 Å². The summed E-state index contributed by atoms with van der Waals surface area (Å²) >= 11 is 0. The van der Waals surface area contributed by atoms with Gasteiger partial charge in [-0.25, -0.2) is 0 Å². The molecule has 0 spiro atoms. The molecule has 7 nitrogen and oxygen atoms in total. The SMILES string of the molecule is COc1cc(CNCC2CCCO2)c([N+](=O)[O-])cc1OCC(F)(F)F. The molecule has 0 radical (unpaired) electrons. The van der Waals surface area contributed by atoms with Gasteiger partial charge in [0, 0.05) is 25.3 Å². The topological polar surface area (TPSA) is 82.9 Å². The number of nitro groups is 1. The fourth-order valence-electron chi connectivity index (χ4n) is 2.51. The van der Waals surface area contributed by atoms with Gasteiger partial charge < -0.3 is 19.5 Å². The van der Waals surface area contributed by atoms with Crippen LogP contribution in [0.4, 0.5) is 18.9 Å².